The summed E-state index contributed by atoms with van der Waals surface area (Å²) in [5.74, 6) is -0.0359. The molecule has 0 atom stereocenters. The number of hydrogen-bond acceptors (Lipinski definition) is 4. The summed E-state index contributed by atoms with van der Waals surface area (Å²) in [7, 11) is 1.37. The van der Waals surface area contributed by atoms with Gasteiger partial charge in [-0.05, 0) is 48.7 Å². The molecule has 0 heterocycles. The zero-order valence-electron chi connectivity index (χ0n) is 14.7. The van der Waals surface area contributed by atoms with Crippen molar-refractivity contribution < 1.29 is 23.0 Å². The summed E-state index contributed by atoms with van der Waals surface area (Å²) in [6.07, 6.45) is 1.82. The molecule has 1 aliphatic rings. The largest absolute Gasteiger partial charge is 0.493 e. The van der Waals surface area contributed by atoms with E-state index >= 15 is 0 Å². The first-order chi connectivity index (χ1) is 13.0. The van der Waals surface area contributed by atoms with Crippen LogP contribution in [0, 0.1) is 11.3 Å². The number of carbonyl (C=O) groups excluding carboxylic acids is 1. The zero-order chi connectivity index (χ0) is 19.4. The predicted molar refractivity (Wildman–Crippen MR) is 93.7 cm³/mol. The van der Waals surface area contributed by atoms with Crippen LogP contribution in [0.5, 0.6) is 11.5 Å². The monoisotopic (exact) mass is 372 g/mol. The Morgan fingerprint density at radius 3 is 2.67 bits per heavy atom. The van der Waals surface area contributed by atoms with Crippen LogP contribution >= 0.6 is 0 Å². The van der Waals surface area contributed by atoms with Gasteiger partial charge in [0.2, 0.25) is 0 Å². The Morgan fingerprint density at radius 1 is 1.26 bits per heavy atom. The van der Waals surface area contributed by atoms with Gasteiger partial charge in [0.1, 0.15) is 0 Å². The lowest BCUT2D eigenvalue weighted by Crippen LogP contribution is -2.32. The number of amides is 1. The number of nitriles is 1. The van der Waals surface area contributed by atoms with Crippen LogP contribution in [0.1, 0.15) is 34.3 Å². The van der Waals surface area contributed by atoms with Crippen LogP contribution in [0.4, 0.5) is 8.78 Å². The van der Waals surface area contributed by atoms with Gasteiger partial charge < -0.3 is 14.4 Å². The molecule has 0 unspecified atom stereocenters. The second kappa shape index (κ2) is 8.04. The van der Waals surface area contributed by atoms with E-state index in [2.05, 4.69) is 4.74 Å². The molecule has 2 aromatic carbocycles. The normalized spacial score (nSPS) is 13.1. The minimum absolute atomic E-state index is 0.0535. The third-order valence-electron chi connectivity index (χ3n) is 4.28. The topological polar surface area (TPSA) is 62.6 Å². The Balaban J connectivity index is 1.82. The lowest BCUT2D eigenvalue weighted by molar-refractivity contribution is -0.0512. The van der Waals surface area contributed by atoms with E-state index in [0.717, 1.165) is 18.4 Å². The smallest absolute Gasteiger partial charge is 0.387 e. The highest BCUT2D eigenvalue weighted by atomic mass is 19.3. The number of ether oxygens (including phenoxy) is 2. The SMILES string of the molecule is COc1cc(CN(C(=O)c2cccc(C#N)c2)C2CC2)ccc1OC(F)F. The van der Waals surface area contributed by atoms with Crippen LogP contribution in [-0.4, -0.2) is 30.6 Å². The fourth-order valence-corrected chi connectivity index (χ4v) is 2.84. The van der Waals surface area contributed by atoms with Gasteiger partial charge in [-0.3, -0.25) is 4.79 Å². The Bertz CT molecular complexity index is 876. The van der Waals surface area contributed by atoms with Gasteiger partial charge in [0, 0.05) is 18.2 Å². The van der Waals surface area contributed by atoms with Gasteiger partial charge in [-0.2, -0.15) is 14.0 Å². The summed E-state index contributed by atoms with van der Waals surface area (Å²) in [4.78, 5) is 14.7. The van der Waals surface area contributed by atoms with Gasteiger partial charge >= 0.3 is 6.61 Å². The number of carbonyl (C=O) groups is 1. The molecule has 0 radical (unpaired) electrons. The van der Waals surface area contributed by atoms with Crippen LogP contribution in [0.2, 0.25) is 0 Å². The van der Waals surface area contributed by atoms with Crippen molar-refractivity contribution in [2.24, 2.45) is 0 Å². The summed E-state index contributed by atoms with van der Waals surface area (Å²) in [5, 5.41) is 9.03. The van der Waals surface area contributed by atoms with Gasteiger partial charge in [0.25, 0.3) is 5.91 Å². The van der Waals surface area contributed by atoms with Crippen molar-refractivity contribution >= 4 is 5.91 Å². The van der Waals surface area contributed by atoms with Crippen molar-refractivity contribution in [3.8, 4) is 17.6 Å². The fraction of sp³-hybridized carbons (Fsp3) is 0.300. The molecule has 1 aliphatic carbocycles. The maximum absolute atomic E-state index is 12.9. The van der Waals surface area contributed by atoms with Crippen LogP contribution in [-0.2, 0) is 6.54 Å². The van der Waals surface area contributed by atoms with Crippen LogP contribution in [0.15, 0.2) is 42.5 Å². The zero-order valence-corrected chi connectivity index (χ0v) is 14.7. The molecule has 5 nitrogen and oxygen atoms in total. The standard InChI is InChI=1S/C20H18F2N2O3/c1-26-18-10-14(5-8-17(18)27-20(21)22)12-24(16-6-7-16)19(25)15-4-2-3-13(9-15)11-23/h2-5,8-10,16,20H,6-7,12H2,1H3. The van der Waals surface area contributed by atoms with E-state index in [1.54, 1.807) is 41.3 Å². The molecule has 1 saturated carbocycles. The quantitative estimate of drug-likeness (QED) is 0.738. The molecule has 0 spiro atoms. The molecule has 27 heavy (non-hydrogen) atoms. The lowest BCUT2D eigenvalue weighted by atomic mass is 10.1. The number of benzene rings is 2. The van der Waals surface area contributed by atoms with Gasteiger partial charge in [-0.15, -0.1) is 0 Å². The maximum atomic E-state index is 12.9. The number of methoxy groups -OCH3 is 1. The van der Waals surface area contributed by atoms with Gasteiger partial charge in [-0.25, -0.2) is 0 Å². The van der Waals surface area contributed by atoms with Crippen molar-refractivity contribution in [1.29, 1.82) is 5.26 Å². The molecule has 0 bridgehead atoms. The molecule has 140 valence electrons. The van der Waals surface area contributed by atoms with E-state index in [4.69, 9.17) is 10.00 Å². The predicted octanol–water partition coefficient (Wildman–Crippen LogP) is 3.97. The van der Waals surface area contributed by atoms with Crippen LogP contribution in [0.3, 0.4) is 0 Å². The van der Waals surface area contributed by atoms with E-state index in [0.29, 0.717) is 17.7 Å². The molecule has 3 rings (SSSR count). The molecular weight excluding hydrogens is 354 g/mol. The van der Waals surface area contributed by atoms with Crippen LogP contribution in [0.25, 0.3) is 0 Å². The second-order valence-electron chi connectivity index (χ2n) is 6.22. The first kappa shape index (κ1) is 18.6. The molecule has 2 aromatic rings. The number of alkyl halides is 2. The van der Waals surface area contributed by atoms with E-state index in [1.807, 2.05) is 6.07 Å². The Morgan fingerprint density at radius 2 is 2.04 bits per heavy atom. The summed E-state index contributed by atoms with van der Waals surface area (Å²) in [5.41, 5.74) is 1.61. The van der Waals surface area contributed by atoms with E-state index < -0.39 is 6.61 Å². The van der Waals surface area contributed by atoms with Crippen molar-refractivity contribution in [3.63, 3.8) is 0 Å². The molecular formula is C20H18F2N2O3. The molecule has 0 saturated heterocycles. The molecule has 0 aromatic heterocycles. The highest BCUT2D eigenvalue weighted by molar-refractivity contribution is 5.95. The Hall–Kier alpha value is -3.14. The van der Waals surface area contributed by atoms with E-state index in [9.17, 15) is 13.6 Å². The first-order valence-corrected chi connectivity index (χ1v) is 8.44. The average Bonchev–Trinajstić information content (AvgIpc) is 3.51. The molecule has 1 amide bonds. The van der Waals surface area contributed by atoms with E-state index in [-0.39, 0.29) is 23.4 Å². The van der Waals surface area contributed by atoms with Gasteiger partial charge in [-0.1, -0.05) is 12.1 Å². The van der Waals surface area contributed by atoms with Crippen molar-refractivity contribution in [1.82, 2.24) is 4.90 Å². The third-order valence-corrected chi connectivity index (χ3v) is 4.28. The van der Waals surface area contributed by atoms with Crippen LogP contribution < -0.4 is 9.47 Å². The van der Waals surface area contributed by atoms with Gasteiger partial charge in [0.15, 0.2) is 11.5 Å². The highest BCUT2D eigenvalue weighted by Gasteiger charge is 2.33. The number of halogens is 2. The number of rotatable bonds is 7. The van der Waals surface area contributed by atoms with Gasteiger partial charge in [0.05, 0.1) is 18.7 Å². The average molecular weight is 372 g/mol. The summed E-state index contributed by atoms with van der Waals surface area (Å²) < 4.78 is 34.5. The van der Waals surface area contributed by atoms with E-state index in [1.165, 1.54) is 13.2 Å². The molecule has 7 heteroatoms. The summed E-state index contributed by atoms with van der Waals surface area (Å²) in [6.45, 7) is -2.63. The molecule has 0 aliphatic heterocycles. The number of hydrogen-bond donors (Lipinski definition) is 0. The van der Waals surface area contributed by atoms with Crippen molar-refractivity contribution in [2.45, 2.75) is 32.0 Å². The molecule has 0 N–H and O–H groups in total. The summed E-state index contributed by atoms with van der Waals surface area (Å²) >= 11 is 0. The summed E-state index contributed by atoms with van der Waals surface area (Å²) in [6, 6.07) is 13.4. The minimum atomic E-state index is -2.94. The second-order valence-corrected chi connectivity index (χ2v) is 6.22. The Kier molecular flexibility index (Phi) is 5.55. The third kappa shape index (κ3) is 4.53. The maximum Gasteiger partial charge on any atom is 0.387 e. The minimum Gasteiger partial charge on any atom is -0.493 e. The van der Waals surface area contributed by atoms with Crippen molar-refractivity contribution in [3.05, 3.63) is 59.2 Å². The van der Waals surface area contributed by atoms with Crippen molar-refractivity contribution in [2.75, 3.05) is 7.11 Å². The molecule has 1 fully saturated rings. The Labute approximate surface area is 155 Å². The first-order valence-electron chi connectivity index (χ1n) is 8.44. The number of nitrogens with zero attached hydrogens (tertiary/aromatic N) is 2. The lowest BCUT2D eigenvalue weighted by Gasteiger charge is -2.23. The highest BCUT2D eigenvalue weighted by Crippen LogP contribution is 2.33. The fourth-order valence-electron chi connectivity index (χ4n) is 2.84.